The Morgan fingerprint density at radius 1 is 1.38 bits per heavy atom. The second-order valence-corrected chi connectivity index (χ2v) is 7.84. The number of esters is 1. The number of amides is 2. The van der Waals surface area contributed by atoms with Gasteiger partial charge in [0.25, 0.3) is 5.91 Å². The van der Waals surface area contributed by atoms with Gasteiger partial charge in [-0.25, -0.2) is 9.48 Å². The van der Waals surface area contributed by atoms with Gasteiger partial charge in [-0.3, -0.25) is 9.59 Å². The number of nitrogens with one attached hydrogen (secondary N) is 1. The van der Waals surface area contributed by atoms with Crippen LogP contribution in [0.3, 0.4) is 0 Å². The first-order valence-corrected chi connectivity index (χ1v) is 10.3. The maximum atomic E-state index is 12.3. The molecular formula is C23H26N4O5. The van der Waals surface area contributed by atoms with Crippen molar-refractivity contribution in [3.05, 3.63) is 41.7 Å². The van der Waals surface area contributed by atoms with Gasteiger partial charge in [0.05, 0.1) is 24.2 Å². The van der Waals surface area contributed by atoms with Crippen molar-refractivity contribution in [1.82, 2.24) is 14.7 Å². The molecule has 2 N–H and O–H groups in total. The Hall–Kier alpha value is -3.64. The lowest BCUT2D eigenvalue weighted by atomic mass is 10.0. The molecule has 0 aliphatic carbocycles. The third kappa shape index (κ3) is 4.81. The monoisotopic (exact) mass is 438 g/mol. The number of aliphatic hydroxyl groups is 1. The van der Waals surface area contributed by atoms with Crippen LogP contribution >= 0.6 is 0 Å². The summed E-state index contributed by atoms with van der Waals surface area (Å²) in [6.45, 7) is 5.79. The maximum Gasteiger partial charge on any atom is 0.361 e. The topological polar surface area (TPSA) is 114 Å². The van der Waals surface area contributed by atoms with Crippen LogP contribution < -0.4 is 5.32 Å². The van der Waals surface area contributed by atoms with Crippen LogP contribution in [0, 0.1) is 17.8 Å². The van der Waals surface area contributed by atoms with Crippen molar-refractivity contribution in [3.63, 3.8) is 0 Å². The summed E-state index contributed by atoms with van der Waals surface area (Å²) in [7, 11) is 1.62. The minimum atomic E-state index is -1.69. The quantitative estimate of drug-likeness (QED) is 0.541. The highest BCUT2D eigenvalue weighted by Crippen LogP contribution is 2.22. The molecule has 168 valence electrons. The van der Waals surface area contributed by atoms with Crippen LogP contribution in [-0.4, -0.2) is 63.4 Å². The zero-order chi connectivity index (χ0) is 23.5. The van der Waals surface area contributed by atoms with Crippen molar-refractivity contribution in [3.8, 4) is 17.5 Å². The number of hydrogen-bond donors (Lipinski definition) is 2. The van der Waals surface area contributed by atoms with Crippen molar-refractivity contribution in [1.29, 1.82) is 0 Å². The van der Waals surface area contributed by atoms with Crippen LogP contribution in [0.4, 0.5) is 5.69 Å². The number of aromatic nitrogens is 2. The zero-order valence-corrected chi connectivity index (χ0v) is 18.5. The summed E-state index contributed by atoms with van der Waals surface area (Å²) in [4.78, 5) is 38.1. The van der Waals surface area contributed by atoms with Crippen molar-refractivity contribution in [2.45, 2.75) is 32.8 Å². The summed E-state index contributed by atoms with van der Waals surface area (Å²) in [5.74, 6) is 3.92. The predicted molar refractivity (Wildman–Crippen MR) is 117 cm³/mol. The van der Waals surface area contributed by atoms with E-state index in [2.05, 4.69) is 22.3 Å². The first-order valence-electron chi connectivity index (χ1n) is 10.3. The van der Waals surface area contributed by atoms with Crippen LogP contribution in [0.25, 0.3) is 5.69 Å². The Morgan fingerprint density at radius 3 is 2.75 bits per heavy atom. The summed E-state index contributed by atoms with van der Waals surface area (Å²) in [5.41, 5.74) is -0.325. The molecule has 1 aromatic carbocycles. The van der Waals surface area contributed by atoms with E-state index in [1.54, 1.807) is 52.1 Å². The summed E-state index contributed by atoms with van der Waals surface area (Å²) in [5, 5.41) is 17.5. The molecule has 1 atom stereocenters. The van der Waals surface area contributed by atoms with Gasteiger partial charge in [0.15, 0.2) is 5.69 Å². The minimum absolute atomic E-state index is 0.00811. The SMILES string of the molecule is CCOC(=O)c1nn(-c2cccc(C#C[C@]3(O)CCN(C)C3=O)c2)cc1NC(=O)C(C)C. The lowest BCUT2D eigenvalue weighted by Gasteiger charge is -2.13. The Morgan fingerprint density at radius 2 is 2.12 bits per heavy atom. The molecule has 0 saturated carbocycles. The average Bonchev–Trinajstić information content (AvgIpc) is 3.30. The Bertz CT molecular complexity index is 1110. The molecule has 32 heavy (non-hydrogen) atoms. The molecule has 1 fully saturated rings. The Kier molecular flexibility index (Phi) is 6.65. The van der Waals surface area contributed by atoms with Crippen LogP contribution in [-0.2, 0) is 14.3 Å². The molecule has 1 aliphatic rings. The van der Waals surface area contributed by atoms with Crippen molar-refractivity contribution in [2.75, 3.05) is 25.5 Å². The van der Waals surface area contributed by atoms with E-state index in [0.717, 1.165) is 0 Å². The molecular weight excluding hydrogens is 412 g/mol. The van der Waals surface area contributed by atoms with Gasteiger partial charge in [-0.1, -0.05) is 31.8 Å². The van der Waals surface area contributed by atoms with Crippen molar-refractivity contribution >= 4 is 23.5 Å². The van der Waals surface area contributed by atoms with E-state index in [9.17, 15) is 19.5 Å². The standard InChI is InChI=1S/C23H26N4O5/c1-5-32-21(29)19-18(24-20(28)15(2)3)14-27(25-19)17-8-6-7-16(13-17)9-10-23(31)11-12-26(4)22(23)30/h6-8,13-15,31H,5,11-12H2,1-4H3,(H,24,28)/t23-/m0/s1. The first-order chi connectivity index (χ1) is 15.1. The summed E-state index contributed by atoms with van der Waals surface area (Å²) < 4.78 is 6.50. The van der Waals surface area contributed by atoms with Crippen LogP contribution in [0.15, 0.2) is 30.5 Å². The van der Waals surface area contributed by atoms with Gasteiger partial charge in [0, 0.05) is 31.5 Å². The van der Waals surface area contributed by atoms with Gasteiger partial charge in [0.2, 0.25) is 11.5 Å². The molecule has 1 aromatic heterocycles. The highest BCUT2D eigenvalue weighted by molar-refractivity contribution is 6.00. The second kappa shape index (κ2) is 9.24. The lowest BCUT2D eigenvalue weighted by Crippen LogP contribution is -2.37. The van der Waals surface area contributed by atoms with Crippen LogP contribution in [0.2, 0.25) is 0 Å². The number of anilines is 1. The van der Waals surface area contributed by atoms with E-state index in [4.69, 9.17) is 4.74 Å². The first kappa shape index (κ1) is 23.0. The number of likely N-dealkylation sites (tertiary alicyclic amines) is 1. The third-order valence-electron chi connectivity index (χ3n) is 5.00. The number of likely N-dealkylation sites (N-methyl/N-ethyl adjacent to an activating group) is 1. The van der Waals surface area contributed by atoms with E-state index in [1.165, 1.54) is 15.8 Å². The fourth-order valence-corrected chi connectivity index (χ4v) is 3.10. The highest BCUT2D eigenvalue weighted by atomic mass is 16.5. The molecule has 3 rings (SSSR count). The Labute approximate surface area is 186 Å². The average molecular weight is 438 g/mol. The van der Waals surface area contributed by atoms with Gasteiger partial charge in [-0.2, -0.15) is 5.10 Å². The van der Waals surface area contributed by atoms with E-state index >= 15 is 0 Å². The van der Waals surface area contributed by atoms with E-state index in [-0.39, 0.29) is 36.2 Å². The van der Waals surface area contributed by atoms with Gasteiger partial charge >= 0.3 is 5.97 Å². The predicted octanol–water partition coefficient (Wildman–Crippen LogP) is 1.59. The molecule has 0 unspecified atom stereocenters. The number of hydrogen-bond acceptors (Lipinski definition) is 6. The molecule has 2 amide bonds. The van der Waals surface area contributed by atoms with Gasteiger partial charge in [-0.15, -0.1) is 0 Å². The van der Waals surface area contributed by atoms with E-state index < -0.39 is 17.5 Å². The molecule has 2 aromatic rings. The van der Waals surface area contributed by atoms with Gasteiger partial charge in [-0.05, 0) is 25.1 Å². The van der Waals surface area contributed by atoms with E-state index in [1.807, 2.05) is 0 Å². The zero-order valence-electron chi connectivity index (χ0n) is 18.5. The number of benzene rings is 1. The molecule has 0 radical (unpaired) electrons. The Balaban J connectivity index is 1.93. The maximum absolute atomic E-state index is 12.3. The molecule has 9 nitrogen and oxygen atoms in total. The smallest absolute Gasteiger partial charge is 0.361 e. The number of carbonyl (C=O) groups excluding carboxylic acids is 3. The highest BCUT2D eigenvalue weighted by Gasteiger charge is 2.42. The van der Waals surface area contributed by atoms with Gasteiger partial charge < -0.3 is 20.1 Å². The minimum Gasteiger partial charge on any atom is -0.461 e. The number of ether oxygens (including phenoxy) is 1. The summed E-state index contributed by atoms with van der Waals surface area (Å²) >= 11 is 0. The fourth-order valence-electron chi connectivity index (χ4n) is 3.10. The molecule has 0 bridgehead atoms. The molecule has 1 aliphatic heterocycles. The molecule has 0 spiro atoms. The normalized spacial score (nSPS) is 17.8. The summed E-state index contributed by atoms with van der Waals surface area (Å²) in [6, 6.07) is 6.93. The number of rotatable bonds is 5. The number of nitrogens with zero attached hydrogens (tertiary/aromatic N) is 3. The number of carbonyl (C=O) groups is 3. The van der Waals surface area contributed by atoms with Crippen molar-refractivity contribution in [2.24, 2.45) is 5.92 Å². The third-order valence-corrected chi connectivity index (χ3v) is 5.00. The summed E-state index contributed by atoms with van der Waals surface area (Å²) in [6.07, 6.45) is 1.78. The van der Waals surface area contributed by atoms with E-state index in [0.29, 0.717) is 17.8 Å². The fraction of sp³-hybridized carbons (Fsp3) is 0.391. The van der Waals surface area contributed by atoms with Crippen LogP contribution in [0.5, 0.6) is 0 Å². The van der Waals surface area contributed by atoms with Gasteiger partial charge in [0.1, 0.15) is 0 Å². The van der Waals surface area contributed by atoms with Crippen LogP contribution in [0.1, 0.15) is 43.2 Å². The molecule has 2 heterocycles. The molecule has 9 heteroatoms. The molecule has 1 saturated heterocycles. The largest absolute Gasteiger partial charge is 0.461 e. The second-order valence-electron chi connectivity index (χ2n) is 7.84. The lowest BCUT2D eigenvalue weighted by molar-refractivity contribution is -0.137. The van der Waals surface area contributed by atoms with Crippen molar-refractivity contribution < 1.29 is 24.2 Å².